The topological polar surface area (TPSA) is 75.6 Å². The lowest BCUT2D eigenvalue weighted by atomic mass is 9.73. The second kappa shape index (κ2) is 4.91. The Morgan fingerprint density at radius 2 is 2.00 bits per heavy atom. The van der Waals surface area contributed by atoms with Crippen LogP contribution in [0.25, 0.3) is 0 Å². The number of para-hydroxylation sites is 1. The minimum absolute atomic E-state index is 0.0321. The Kier molecular flexibility index (Phi) is 3.46. The summed E-state index contributed by atoms with van der Waals surface area (Å²) in [6, 6.07) is 6.44. The van der Waals surface area contributed by atoms with Gasteiger partial charge in [-0.25, -0.2) is 4.79 Å². The second-order valence-electron chi connectivity index (χ2n) is 4.64. The van der Waals surface area contributed by atoms with Crippen LogP contribution in [0.2, 0.25) is 0 Å². The van der Waals surface area contributed by atoms with Crippen molar-refractivity contribution in [3.63, 3.8) is 0 Å². The highest BCUT2D eigenvalue weighted by molar-refractivity contribution is 5.91. The monoisotopic (exact) mass is 263 g/mol. The number of ether oxygens (including phenoxy) is 1. The number of aromatic carboxylic acids is 1. The third-order valence-corrected chi connectivity index (χ3v) is 3.84. The first-order valence-corrected chi connectivity index (χ1v) is 6.35. The molecule has 1 aromatic rings. The van der Waals surface area contributed by atoms with Crippen LogP contribution in [0.15, 0.2) is 24.3 Å². The molecule has 0 radical (unpaired) electrons. The molecule has 5 nitrogen and oxygen atoms in total. The van der Waals surface area contributed by atoms with Gasteiger partial charge in [0.1, 0.15) is 16.7 Å². The molecule has 2 rings (SSSR count). The van der Waals surface area contributed by atoms with E-state index in [0.717, 1.165) is 0 Å². The molecule has 1 saturated heterocycles. The first-order chi connectivity index (χ1) is 9.05. The number of hydrogen-bond donors (Lipinski definition) is 2. The largest absolute Gasteiger partial charge is 0.478 e. The Labute approximate surface area is 111 Å². The number of carbonyl (C=O) groups is 2. The highest BCUT2D eigenvalue weighted by Crippen LogP contribution is 2.39. The summed E-state index contributed by atoms with van der Waals surface area (Å²) in [7, 11) is 0. The maximum absolute atomic E-state index is 11.7. The van der Waals surface area contributed by atoms with Gasteiger partial charge in [-0.2, -0.15) is 0 Å². The van der Waals surface area contributed by atoms with Gasteiger partial charge in [-0.3, -0.25) is 4.79 Å². The van der Waals surface area contributed by atoms with E-state index < -0.39 is 17.6 Å². The summed E-state index contributed by atoms with van der Waals surface area (Å²) in [6.45, 7) is 3.86. The van der Waals surface area contributed by atoms with Crippen molar-refractivity contribution in [3.05, 3.63) is 29.8 Å². The predicted molar refractivity (Wildman–Crippen MR) is 69.0 cm³/mol. The first-order valence-electron chi connectivity index (χ1n) is 6.35. The van der Waals surface area contributed by atoms with E-state index in [0.29, 0.717) is 12.8 Å². The van der Waals surface area contributed by atoms with E-state index in [9.17, 15) is 9.59 Å². The zero-order valence-electron chi connectivity index (χ0n) is 11.0. The van der Waals surface area contributed by atoms with E-state index in [4.69, 9.17) is 9.84 Å². The molecule has 102 valence electrons. The van der Waals surface area contributed by atoms with Crippen molar-refractivity contribution in [1.29, 1.82) is 0 Å². The number of β-lactam (4-membered cyclic amide) rings is 1. The number of carboxylic acid groups (broad SMARTS) is 1. The Bertz CT molecular complexity index is 508. The van der Waals surface area contributed by atoms with Crippen molar-refractivity contribution in [2.24, 2.45) is 5.41 Å². The molecule has 1 amide bonds. The average molecular weight is 263 g/mol. The number of carboxylic acids is 1. The van der Waals surface area contributed by atoms with Crippen LogP contribution >= 0.6 is 0 Å². The first kappa shape index (κ1) is 13.4. The van der Waals surface area contributed by atoms with Gasteiger partial charge >= 0.3 is 5.97 Å². The van der Waals surface area contributed by atoms with E-state index in [1.807, 2.05) is 13.8 Å². The molecule has 1 unspecified atom stereocenters. The van der Waals surface area contributed by atoms with Gasteiger partial charge in [0, 0.05) is 0 Å². The third kappa shape index (κ3) is 2.05. The lowest BCUT2D eigenvalue weighted by molar-refractivity contribution is -0.161. The highest BCUT2D eigenvalue weighted by Gasteiger charge is 2.54. The van der Waals surface area contributed by atoms with Crippen molar-refractivity contribution in [2.75, 3.05) is 0 Å². The smallest absolute Gasteiger partial charge is 0.339 e. The van der Waals surface area contributed by atoms with Gasteiger partial charge in [-0.15, -0.1) is 0 Å². The molecule has 5 heteroatoms. The number of benzene rings is 1. The molecule has 0 bridgehead atoms. The zero-order valence-corrected chi connectivity index (χ0v) is 11.0. The van der Waals surface area contributed by atoms with Gasteiger partial charge in [0.05, 0.1) is 0 Å². The quantitative estimate of drug-likeness (QED) is 0.797. The Balaban J connectivity index is 2.23. The molecule has 0 aliphatic carbocycles. The molecule has 1 heterocycles. The lowest BCUT2D eigenvalue weighted by Gasteiger charge is -2.47. The van der Waals surface area contributed by atoms with Crippen LogP contribution in [0.3, 0.4) is 0 Å². The highest BCUT2D eigenvalue weighted by atomic mass is 16.5. The molecule has 1 fully saturated rings. The summed E-state index contributed by atoms with van der Waals surface area (Å²) in [5.41, 5.74) is -0.448. The van der Waals surface area contributed by atoms with E-state index in [1.54, 1.807) is 18.2 Å². The predicted octanol–water partition coefficient (Wildman–Crippen LogP) is 2.03. The molecule has 0 aromatic heterocycles. The molecule has 0 spiro atoms. The van der Waals surface area contributed by atoms with Crippen LogP contribution in [0.4, 0.5) is 0 Å². The maximum Gasteiger partial charge on any atom is 0.339 e. The molecule has 1 atom stereocenters. The van der Waals surface area contributed by atoms with Crippen LogP contribution in [0.1, 0.15) is 37.0 Å². The minimum Gasteiger partial charge on any atom is -0.478 e. The Hall–Kier alpha value is -2.04. The number of rotatable bonds is 5. The van der Waals surface area contributed by atoms with Crippen molar-refractivity contribution in [3.8, 4) is 5.75 Å². The fraction of sp³-hybridized carbons (Fsp3) is 0.429. The molecule has 1 aliphatic heterocycles. The summed E-state index contributed by atoms with van der Waals surface area (Å²) in [4.78, 5) is 22.8. The molecule has 0 saturated carbocycles. The fourth-order valence-electron chi connectivity index (χ4n) is 2.40. The Morgan fingerprint density at radius 1 is 1.37 bits per heavy atom. The van der Waals surface area contributed by atoms with Crippen LogP contribution in [0.5, 0.6) is 5.75 Å². The molecule has 1 aliphatic rings. The summed E-state index contributed by atoms with van der Waals surface area (Å²) in [5.74, 6) is -0.790. The molecule has 19 heavy (non-hydrogen) atoms. The zero-order chi connectivity index (χ0) is 14.0. The van der Waals surface area contributed by atoms with Gasteiger partial charge in [0.25, 0.3) is 0 Å². The van der Waals surface area contributed by atoms with E-state index in [-0.39, 0.29) is 17.2 Å². The van der Waals surface area contributed by atoms with Crippen LogP contribution < -0.4 is 10.1 Å². The number of carbonyl (C=O) groups excluding carboxylic acids is 1. The second-order valence-corrected chi connectivity index (χ2v) is 4.64. The van der Waals surface area contributed by atoms with Gasteiger partial charge in [-0.1, -0.05) is 26.0 Å². The molecule has 2 N–H and O–H groups in total. The maximum atomic E-state index is 11.7. The minimum atomic E-state index is -1.04. The van der Waals surface area contributed by atoms with Gasteiger partial charge in [-0.05, 0) is 25.0 Å². The van der Waals surface area contributed by atoms with Gasteiger partial charge in [0.15, 0.2) is 6.23 Å². The van der Waals surface area contributed by atoms with Crippen molar-refractivity contribution >= 4 is 11.9 Å². The summed E-state index contributed by atoms with van der Waals surface area (Å²) in [5, 5.41) is 11.8. The SMILES string of the molecule is CCC1(CC)C(=O)NC1Oc1ccccc1C(=O)O. The number of amides is 1. The van der Waals surface area contributed by atoms with E-state index >= 15 is 0 Å². The normalized spacial score (nSPS) is 20.3. The van der Waals surface area contributed by atoms with E-state index in [1.165, 1.54) is 6.07 Å². The summed E-state index contributed by atoms with van der Waals surface area (Å²) < 4.78 is 5.70. The fourth-order valence-corrected chi connectivity index (χ4v) is 2.40. The van der Waals surface area contributed by atoms with Gasteiger partial charge < -0.3 is 15.2 Å². The Morgan fingerprint density at radius 3 is 2.53 bits per heavy atom. The standard InChI is InChI=1S/C14H17NO4/c1-3-14(4-2)12(18)15-13(14)19-10-8-6-5-7-9(10)11(16)17/h5-8,13H,3-4H2,1-2H3,(H,15,18)(H,16,17). The molecule has 1 aromatic carbocycles. The van der Waals surface area contributed by atoms with Gasteiger partial charge in [0.2, 0.25) is 5.91 Å². The molecular formula is C14H17NO4. The number of hydrogen-bond acceptors (Lipinski definition) is 3. The summed E-state index contributed by atoms with van der Waals surface area (Å²) in [6.07, 6.45) is 0.861. The number of nitrogens with one attached hydrogen (secondary N) is 1. The van der Waals surface area contributed by atoms with Crippen LogP contribution in [-0.2, 0) is 4.79 Å². The van der Waals surface area contributed by atoms with Crippen LogP contribution in [-0.4, -0.2) is 23.2 Å². The third-order valence-electron chi connectivity index (χ3n) is 3.84. The average Bonchev–Trinajstić information content (AvgIpc) is 2.40. The van der Waals surface area contributed by atoms with Crippen molar-refractivity contribution in [1.82, 2.24) is 5.32 Å². The lowest BCUT2D eigenvalue weighted by Crippen LogP contribution is -2.69. The van der Waals surface area contributed by atoms with Crippen LogP contribution in [0, 0.1) is 5.41 Å². The van der Waals surface area contributed by atoms with Crippen molar-refractivity contribution < 1.29 is 19.4 Å². The summed E-state index contributed by atoms with van der Waals surface area (Å²) >= 11 is 0. The van der Waals surface area contributed by atoms with Crippen molar-refractivity contribution in [2.45, 2.75) is 32.9 Å². The molecular weight excluding hydrogens is 246 g/mol. The van der Waals surface area contributed by atoms with E-state index in [2.05, 4.69) is 5.32 Å².